The maximum atomic E-state index is 13.2. The summed E-state index contributed by atoms with van der Waals surface area (Å²) < 4.78 is 31.0. The Morgan fingerprint density at radius 2 is 1.53 bits per heavy atom. The lowest BCUT2D eigenvalue weighted by molar-refractivity contribution is -0.318. The number of Topliss-reactive ketones (excluding diaryl/α,β-unsaturated/α-hetero) is 1. The van der Waals surface area contributed by atoms with Gasteiger partial charge in [-0.2, -0.15) is 0 Å². The highest BCUT2D eigenvalue weighted by atomic mass is 16.7. The minimum Gasteiger partial charge on any atom is -0.379 e. The molecule has 2 aromatic rings. The van der Waals surface area contributed by atoms with Gasteiger partial charge in [0.05, 0.1) is 25.9 Å². The average molecular weight is 471 g/mol. The molecule has 0 bridgehead atoms. The molecule has 34 heavy (non-hydrogen) atoms. The number of benzene rings is 2. The van der Waals surface area contributed by atoms with Crippen LogP contribution < -0.4 is 0 Å². The standard InChI is InChI=1S/C28H38O6/c1-4-13-26(29)28(33-6-3)18-24(31-19-22-14-9-7-10-15-22)27(25(34-28)21-30-5-2)32-20-23-16-11-8-12-17-23/h7-12,14-17,24-25,27H,4-6,13,18-21H2,1-3H3/t24-,25-,27+,28+/m1/s1. The fraction of sp³-hybridized carbons (Fsp3) is 0.536. The fourth-order valence-corrected chi connectivity index (χ4v) is 4.26. The van der Waals surface area contributed by atoms with Gasteiger partial charge in [0.25, 0.3) is 0 Å². The Bertz CT molecular complexity index is 842. The number of ether oxygens (including phenoxy) is 5. The summed E-state index contributed by atoms with van der Waals surface area (Å²) in [4.78, 5) is 13.2. The van der Waals surface area contributed by atoms with Crippen molar-refractivity contribution in [2.24, 2.45) is 0 Å². The topological polar surface area (TPSA) is 63.2 Å². The van der Waals surface area contributed by atoms with Crippen molar-refractivity contribution in [2.75, 3.05) is 19.8 Å². The monoisotopic (exact) mass is 470 g/mol. The Morgan fingerprint density at radius 1 is 0.912 bits per heavy atom. The average Bonchev–Trinajstić information content (AvgIpc) is 2.87. The third-order valence-electron chi connectivity index (χ3n) is 5.90. The van der Waals surface area contributed by atoms with Gasteiger partial charge >= 0.3 is 0 Å². The van der Waals surface area contributed by atoms with Gasteiger partial charge in [-0.25, -0.2) is 0 Å². The van der Waals surface area contributed by atoms with E-state index >= 15 is 0 Å². The molecule has 0 spiro atoms. The Hall–Kier alpha value is -2.09. The van der Waals surface area contributed by atoms with E-state index in [1.54, 1.807) is 0 Å². The Balaban J connectivity index is 1.88. The quantitative estimate of drug-likeness (QED) is 0.383. The zero-order chi connectivity index (χ0) is 24.2. The summed E-state index contributed by atoms with van der Waals surface area (Å²) in [6, 6.07) is 20.0. The molecule has 0 aromatic heterocycles. The predicted octanol–water partition coefficient (Wildman–Crippen LogP) is 5.08. The molecule has 0 amide bonds. The van der Waals surface area contributed by atoms with Gasteiger partial charge in [-0.15, -0.1) is 0 Å². The van der Waals surface area contributed by atoms with Crippen molar-refractivity contribution >= 4 is 5.78 Å². The molecule has 6 heteroatoms. The lowest BCUT2D eigenvalue weighted by atomic mass is 9.91. The van der Waals surface area contributed by atoms with Gasteiger partial charge in [0.1, 0.15) is 12.2 Å². The van der Waals surface area contributed by atoms with Crippen LogP contribution in [0.5, 0.6) is 0 Å². The molecule has 0 saturated carbocycles. The molecule has 1 aliphatic rings. The molecule has 1 heterocycles. The van der Waals surface area contributed by atoms with Crippen molar-refractivity contribution in [2.45, 2.75) is 77.3 Å². The van der Waals surface area contributed by atoms with Crippen molar-refractivity contribution in [1.82, 2.24) is 0 Å². The van der Waals surface area contributed by atoms with Gasteiger partial charge in [-0.1, -0.05) is 67.6 Å². The Kier molecular flexibility index (Phi) is 10.7. The van der Waals surface area contributed by atoms with Gasteiger partial charge in [0, 0.05) is 26.1 Å². The normalized spacial score (nSPS) is 24.7. The van der Waals surface area contributed by atoms with Gasteiger partial charge in [0.2, 0.25) is 5.79 Å². The second-order valence-electron chi connectivity index (χ2n) is 8.48. The number of ketones is 1. The molecule has 186 valence electrons. The summed E-state index contributed by atoms with van der Waals surface area (Å²) in [5.41, 5.74) is 2.11. The summed E-state index contributed by atoms with van der Waals surface area (Å²) in [6.07, 6.45) is 0.0348. The van der Waals surface area contributed by atoms with E-state index < -0.39 is 24.1 Å². The van der Waals surface area contributed by atoms with Crippen LogP contribution in [-0.2, 0) is 41.7 Å². The summed E-state index contributed by atoms with van der Waals surface area (Å²) in [5, 5.41) is 0. The van der Waals surface area contributed by atoms with Crippen molar-refractivity contribution in [3.05, 3.63) is 71.8 Å². The molecule has 1 saturated heterocycles. The molecular formula is C28H38O6. The van der Waals surface area contributed by atoms with Crippen LogP contribution >= 0.6 is 0 Å². The third-order valence-corrected chi connectivity index (χ3v) is 5.90. The van der Waals surface area contributed by atoms with E-state index in [0.717, 1.165) is 17.5 Å². The minimum absolute atomic E-state index is 0.0619. The highest BCUT2D eigenvalue weighted by molar-refractivity contribution is 5.86. The molecule has 0 N–H and O–H groups in total. The van der Waals surface area contributed by atoms with E-state index in [1.807, 2.05) is 81.4 Å². The van der Waals surface area contributed by atoms with Crippen LogP contribution in [0.3, 0.4) is 0 Å². The largest absolute Gasteiger partial charge is 0.379 e. The van der Waals surface area contributed by atoms with Crippen molar-refractivity contribution in [3.8, 4) is 0 Å². The van der Waals surface area contributed by atoms with Gasteiger partial charge < -0.3 is 23.7 Å². The second-order valence-corrected chi connectivity index (χ2v) is 8.48. The fourth-order valence-electron chi connectivity index (χ4n) is 4.26. The van der Waals surface area contributed by atoms with E-state index in [-0.39, 0.29) is 18.8 Å². The van der Waals surface area contributed by atoms with Crippen LogP contribution in [0.4, 0.5) is 0 Å². The van der Waals surface area contributed by atoms with E-state index in [4.69, 9.17) is 23.7 Å². The predicted molar refractivity (Wildman–Crippen MR) is 130 cm³/mol. The van der Waals surface area contributed by atoms with Crippen molar-refractivity contribution < 1.29 is 28.5 Å². The van der Waals surface area contributed by atoms with E-state index in [0.29, 0.717) is 32.8 Å². The smallest absolute Gasteiger partial charge is 0.231 e. The van der Waals surface area contributed by atoms with Gasteiger partial charge in [-0.05, 0) is 31.4 Å². The SMILES string of the molecule is CCCC(=O)[C@]1(OCC)C[C@@H](OCc2ccccc2)[C@H](OCc2ccccc2)[C@@H](COCC)O1. The molecule has 6 nitrogen and oxygen atoms in total. The molecule has 3 rings (SSSR count). The summed E-state index contributed by atoms with van der Waals surface area (Å²) >= 11 is 0. The minimum atomic E-state index is -1.36. The maximum absolute atomic E-state index is 13.2. The second kappa shape index (κ2) is 13.7. The first-order valence-corrected chi connectivity index (χ1v) is 12.4. The maximum Gasteiger partial charge on any atom is 0.231 e. The molecule has 0 aliphatic carbocycles. The summed E-state index contributed by atoms with van der Waals surface area (Å²) in [7, 11) is 0. The molecule has 1 aliphatic heterocycles. The summed E-state index contributed by atoms with van der Waals surface area (Å²) in [6.45, 7) is 7.78. The van der Waals surface area contributed by atoms with Crippen LogP contribution in [0.15, 0.2) is 60.7 Å². The molecule has 0 unspecified atom stereocenters. The van der Waals surface area contributed by atoms with E-state index in [2.05, 4.69) is 0 Å². The molecular weight excluding hydrogens is 432 g/mol. The van der Waals surface area contributed by atoms with E-state index in [9.17, 15) is 4.79 Å². The number of hydrogen-bond donors (Lipinski definition) is 0. The van der Waals surface area contributed by atoms with Crippen molar-refractivity contribution in [1.29, 1.82) is 0 Å². The highest BCUT2D eigenvalue weighted by Gasteiger charge is 2.53. The molecule has 2 aromatic carbocycles. The van der Waals surface area contributed by atoms with Gasteiger partial charge in [-0.3, -0.25) is 4.79 Å². The lowest BCUT2D eigenvalue weighted by Gasteiger charge is -2.47. The van der Waals surface area contributed by atoms with Gasteiger partial charge in [0.15, 0.2) is 5.78 Å². The third kappa shape index (κ3) is 7.20. The van der Waals surface area contributed by atoms with Crippen molar-refractivity contribution in [3.63, 3.8) is 0 Å². The highest BCUT2D eigenvalue weighted by Crippen LogP contribution is 2.36. The Morgan fingerprint density at radius 3 is 2.09 bits per heavy atom. The lowest BCUT2D eigenvalue weighted by Crippen LogP contribution is -2.61. The van der Waals surface area contributed by atoms with Crippen LogP contribution in [0.25, 0.3) is 0 Å². The zero-order valence-corrected chi connectivity index (χ0v) is 20.6. The number of hydrogen-bond acceptors (Lipinski definition) is 6. The van der Waals surface area contributed by atoms with Crippen LogP contribution in [-0.4, -0.2) is 49.7 Å². The summed E-state index contributed by atoms with van der Waals surface area (Å²) in [5.74, 6) is -1.42. The number of rotatable bonds is 14. The number of carbonyl (C=O) groups excluding carboxylic acids is 1. The first kappa shape index (κ1) is 26.5. The van der Waals surface area contributed by atoms with E-state index in [1.165, 1.54) is 0 Å². The zero-order valence-electron chi connectivity index (χ0n) is 20.6. The molecule has 4 atom stereocenters. The molecule has 0 radical (unpaired) electrons. The first-order valence-electron chi connectivity index (χ1n) is 12.4. The first-order chi connectivity index (χ1) is 16.6. The number of carbonyl (C=O) groups is 1. The van der Waals surface area contributed by atoms with Crippen LogP contribution in [0.2, 0.25) is 0 Å². The Labute approximate surface area is 203 Å². The van der Waals surface area contributed by atoms with Crippen LogP contribution in [0, 0.1) is 0 Å². The molecule has 1 fully saturated rings. The van der Waals surface area contributed by atoms with Crippen LogP contribution in [0.1, 0.15) is 51.2 Å².